The second-order valence-corrected chi connectivity index (χ2v) is 5.98. The average Bonchev–Trinajstić information content (AvgIpc) is 2.40. The van der Waals surface area contributed by atoms with Gasteiger partial charge in [0.1, 0.15) is 0 Å². The van der Waals surface area contributed by atoms with Crippen LogP contribution in [0.2, 0.25) is 0 Å². The predicted octanol–water partition coefficient (Wildman–Crippen LogP) is 4.41. The van der Waals surface area contributed by atoms with Gasteiger partial charge in [0.2, 0.25) is 5.88 Å². The van der Waals surface area contributed by atoms with Gasteiger partial charge in [-0.1, -0.05) is 45.0 Å². The number of carbonyl (C=O) groups is 1. The van der Waals surface area contributed by atoms with Gasteiger partial charge < -0.3 is 9.84 Å². The Hall–Kier alpha value is -2.36. The summed E-state index contributed by atoms with van der Waals surface area (Å²) in [5.74, 6) is 0.125. The molecule has 2 aromatic rings. The molecular formula is C17H19NO3. The van der Waals surface area contributed by atoms with Crippen LogP contribution in [0.15, 0.2) is 36.5 Å². The van der Waals surface area contributed by atoms with Crippen molar-refractivity contribution < 1.29 is 14.6 Å². The molecular weight excluding hydrogens is 266 g/mol. The van der Waals surface area contributed by atoms with Gasteiger partial charge in [-0.2, -0.15) is 0 Å². The molecule has 1 N–H and O–H groups in total. The lowest BCUT2D eigenvalue weighted by molar-refractivity contribution is 0.142. The van der Waals surface area contributed by atoms with Gasteiger partial charge in [-0.25, -0.2) is 9.78 Å². The van der Waals surface area contributed by atoms with Gasteiger partial charge in [0.05, 0.1) is 0 Å². The van der Waals surface area contributed by atoms with E-state index in [2.05, 4.69) is 37.9 Å². The van der Waals surface area contributed by atoms with Crippen LogP contribution in [0.4, 0.5) is 4.79 Å². The number of benzene rings is 1. The molecule has 21 heavy (non-hydrogen) atoms. The number of hydrogen-bond donors (Lipinski definition) is 1. The largest absolute Gasteiger partial charge is 0.512 e. The van der Waals surface area contributed by atoms with Gasteiger partial charge in [0, 0.05) is 11.8 Å². The van der Waals surface area contributed by atoms with E-state index in [1.807, 2.05) is 18.2 Å². The van der Waals surface area contributed by atoms with Gasteiger partial charge in [-0.15, -0.1) is 0 Å². The summed E-state index contributed by atoms with van der Waals surface area (Å²) in [7, 11) is 0. The highest BCUT2D eigenvalue weighted by atomic mass is 16.7. The van der Waals surface area contributed by atoms with Gasteiger partial charge >= 0.3 is 6.16 Å². The fourth-order valence-corrected chi connectivity index (χ4v) is 2.16. The summed E-state index contributed by atoms with van der Waals surface area (Å²) in [6, 6.07) is 10.1. The molecule has 1 aromatic carbocycles. The molecule has 1 heterocycles. The fraction of sp³-hybridized carbons (Fsp3) is 0.294. The zero-order valence-corrected chi connectivity index (χ0v) is 12.7. The minimum Gasteiger partial charge on any atom is -0.449 e. The maximum Gasteiger partial charge on any atom is 0.512 e. The van der Waals surface area contributed by atoms with Gasteiger partial charge in [-0.3, -0.25) is 0 Å². The van der Waals surface area contributed by atoms with Crippen LogP contribution in [-0.2, 0) is 5.41 Å². The fourth-order valence-electron chi connectivity index (χ4n) is 2.16. The Bertz CT molecular complexity index is 655. The second kappa shape index (κ2) is 5.56. The molecule has 0 radical (unpaired) electrons. The van der Waals surface area contributed by atoms with Gasteiger partial charge in [-0.05, 0) is 35.1 Å². The number of hydrogen-bond acceptors (Lipinski definition) is 3. The Morgan fingerprint density at radius 3 is 2.29 bits per heavy atom. The van der Waals surface area contributed by atoms with Gasteiger partial charge in [0.15, 0.2) is 0 Å². The first-order chi connectivity index (χ1) is 9.79. The van der Waals surface area contributed by atoms with E-state index >= 15 is 0 Å². The van der Waals surface area contributed by atoms with Crippen molar-refractivity contribution in [3.8, 4) is 17.0 Å². The van der Waals surface area contributed by atoms with E-state index in [1.165, 1.54) is 5.56 Å². The van der Waals surface area contributed by atoms with Crippen molar-refractivity contribution in [2.45, 2.75) is 33.1 Å². The summed E-state index contributed by atoms with van der Waals surface area (Å²) < 4.78 is 4.69. The molecule has 0 spiro atoms. The number of nitrogens with zero attached hydrogens (tertiary/aromatic N) is 1. The third-order valence-electron chi connectivity index (χ3n) is 3.40. The van der Waals surface area contributed by atoms with Crippen LogP contribution in [0.5, 0.6) is 5.88 Å². The molecule has 0 bridgehead atoms. The molecule has 4 heteroatoms. The van der Waals surface area contributed by atoms with Crippen molar-refractivity contribution in [1.29, 1.82) is 0 Å². The zero-order chi connectivity index (χ0) is 15.6. The lowest BCUT2D eigenvalue weighted by atomic mass is 9.86. The van der Waals surface area contributed by atoms with E-state index in [1.54, 1.807) is 13.1 Å². The molecule has 0 fully saturated rings. The summed E-state index contributed by atoms with van der Waals surface area (Å²) in [6.45, 7) is 8.30. The first kappa shape index (κ1) is 15.0. The Morgan fingerprint density at radius 2 is 1.76 bits per heavy atom. The van der Waals surface area contributed by atoms with Crippen molar-refractivity contribution in [2.24, 2.45) is 0 Å². The molecule has 0 aliphatic carbocycles. The normalized spacial score (nSPS) is 11.2. The Labute approximate surface area is 124 Å². The lowest BCUT2D eigenvalue weighted by Gasteiger charge is -2.19. The van der Waals surface area contributed by atoms with E-state index in [0.717, 1.165) is 11.1 Å². The molecule has 0 aliphatic rings. The topological polar surface area (TPSA) is 59.4 Å². The number of ether oxygens (including phenoxy) is 1. The Kier molecular flexibility index (Phi) is 3.98. The molecule has 0 amide bonds. The quantitative estimate of drug-likeness (QED) is 0.830. The average molecular weight is 285 g/mol. The molecule has 4 nitrogen and oxygen atoms in total. The van der Waals surface area contributed by atoms with Crippen LogP contribution < -0.4 is 4.74 Å². The number of pyridine rings is 1. The summed E-state index contributed by atoms with van der Waals surface area (Å²) in [5, 5.41) is 8.72. The summed E-state index contributed by atoms with van der Waals surface area (Å²) in [5.41, 5.74) is 3.99. The standard InChI is InChI=1S/C17H19NO3/c1-11-14(9-10-18-15(11)21-16(19)20)12-5-7-13(8-6-12)17(2,3)4/h5-10H,1-4H3,(H,19,20). The van der Waals surface area contributed by atoms with E-state index in [-0.39, 0.29) is 11.3 Å². The van der Waals surface area contributed by atoms with Crippen molar-refractivity contribution in [2.75, 3.05) is 0 Å². The first-order valence-corrected chi connectivity index (χ1v) is 6.76. The zero-order valence-electron chi connectivity index (χ0n) is 12.7. The summed E-state index contributed by atoms with van der Waals surface area (Å²) >= 11 is 0. The van der Waals surface area contributed by atoms with Crippen LogP contribution in [0, 0.1) is 6.92 Å². The minimum atomic E-state index is -1.36. The van der Waals surface area contributed by atoms with Crippen LogP contribution >= 0.6 is 0 Å². The number of rotatable bonds is 2. The van der Waals surface area contributed by atoms with Crippen molar-refractivity contribution in [3.05, 3.63) is 47.7 Å². The molecule has 0 atom stereocenters. The third-order valence-corrected chi connectivity index (χ3v) is 3.40. The SMILES string of the molecule is Cc1c(-c2ccc(C(C)(C)C)cc2)ccnc1OC(=O)O. The van der Waals surface area contributed by atoms with Crippen LogP contribution in [0.25, 0.3) is 11.1 Å². The maximum atomic E-state index is 10.7. The highest BCUT2D eigenvalue weighted by molar-refractivity contribution is 5.70. The highest BCUT2D eigenvalue weighted by Gasteiger charge is 2.15. The highest BCUT2D eigenvalue weighted by Crippen LogP contribution is 2.30. The van der Waals surface area contributed by atoms with Crippen LogP contribution in [-0.4, -0.2) is 16.2 Å². The van der Waals surface area contributed by atoms with E-state index in [4.69, 9.17) is 9.84 Å². The maximum absolute atomic E-state index is 10.7. The predicted molar refractivity (Wildman–Crippen MR) is 81.8 cm³/mol. The number of aromatic nitrogens is 1. The van der Waals surface area contributed by atoms with E-state index < -0.39 is 6.16 Å². The summed E-state index contributed by atoms with van der Waals surface area (Å²) in [6.07, 6.45) is 0.198. The van der Waals surface area contributed by atoms with Crippen molar-refractivity contribution >= 4 is 6.16 Å². The van der Waals surface area contributed by atoms with Crippen molar-refractivity contribution in [3.63, 3.8) is 0 Å². The Morgan fingerprint density at radius 1 is 1.14 bits per heavy atom. The molecule has 0 unspecified atom stereocenters. The molecule has 1 aromatic heterocycles. The smallest absolute Gasteiger partial charge is 0.449 e. The molecule has 110 valence electrons. The van der Waals surface area contributed by atoms with Crippen LogP contribution in [0.3, 0.4) is 0 Å². The minimum absolute atomic E-state index is 0.101. The molecule has 0 saturated heterocycles. The lowest BCUT2D eigenvalue weighted by Crippen LogP contribution is -2.10. The monoisotopic (exact) mass is 285 g/mol. The summed E-state index contributed by atoms with van der Waals surface area (Å²) in [4.78, 5) is 14.6. The first-order valence-electron chi connectivity index (χ1n) is 6.76. The molecule has 0 saturated carbocycles. The molecule has 2 rings (SSSR count). The second-order valence-electron chi connectivity index (χ2n) is 5.98. The van der Waals surface area contributed by atoms with Gasteiger partial charge in [0.25, 0.3) is 0 Å². The van der Waals surface area contributed by atoms with E-state index in [0.29, 0.717) is 5.56 Å². The molecule has 0 aliphatic heterocycles. The Balaban J connectivity index is 2.40. The third kappa shape index (κ3) is 3.40. The van der Waals surface area contributed by atoms with Crippen LogP contribution in [0.1, 0.15) is 31.9 Å². The van der Waals surface area contributed by atoms with Crippen molar-refractivity contribution in [1.82, 2.24) is 4.98 Å². The van der Waals surface area contributed by atoms with E-state index in [9.17, 15) is 4.79 Å². The number of carboxylic acid groups (broad SMARTS) is 1.